The summed E-state index contributed by atoms with van der Waals surface area (Å²) in [7, 11) is 2.24. The SMILES string of the molecule is CCN1CCC(N2CCN(C)CC2)[C@@H](C)C1. The smallest absolute Gasteiger partial charge is 0.0146 e. The summed E-state index contributed by atoms with van der Waals surface area (Å²) in [5, 5.41) is 0. The molecule has 0 aromatic rings. The fourth-order valence-electron chi connectivity index (χ4n) is 3.20. The van der Waals surface area contributed by atoms with Crippen molar-refractivity contribution in [1.29, 1.82) is 0 Å². The number of hydrogen-bond acceptors (Lipinski definition) is 3. The van der Waals surface area contributed by atoms with E-state index in [1.165, 1.54) is 52.2 Å². The monoisotopic (exact) mass is 225 g/mol. The van der Waals surface area contributed by atoms with Crippen molar-refractivity contribution >= 4 is 0 Å². The molecule has 2 fully saturated rings. The van der Waals surface area contributed by atoms with Crippen LogP contribution in [0.1, 0.15) is 20.3 Å². The molecule has 0 N–H and O–H groups in total. The number of rotatable bonds is 2. The summed E-state index contributed by atoms with van der Waals surface area (Å²) in [6.45, 7) is 13.6. The average Bonchev–Trinajstić information content (AvgIpc) is 2.30. The molecule has 2 saturated heterocycles. The van der Waals surface area contributed by atoms with Gasteiger partial charge in [-0.1, -0.05) is 13.8 Å². The zero-order valence-electron chi connectivity index (χ0n) is 11.2. The Morgan fingerprint density at radius 3 is 2.31 bits per heavy atom. The average molecular weight is 225 g/mol. The Morgan fingerprint density at radius 2 is 1.75 bits per heavy atom. The van der Waals surface area contributed by atoms with Crippen molar-refractivity contribution in [3.8, 4) is 0 Å². The van der Waals surface area contributed by atoms with E-state index in [9.17, 15) is 0 Å². The van der Waals surface area contributed by atoms with Crippen molar-refractivity contribution < 1.29 is 0 Å². The van der Waals surface area contributed by atoms with Gasteiger partial charge in [-0.25, -0.2) is 0 Å². The Balaban J connectivity index is 1.85. The van der Waals surface area contributed by atoms with Gasteiger partial charge in [0.25, 0.3) is 0 Å². The maximum absolute atomic E-state index is 2.73. The topological polar surface area (TPSA) is 9.72 Å². The fraction of sp³-hybridized carbons (Fsp3) is 1.00. The van der Waals surface area contributed by atoms with Crippen LogP contribution < -0.4 is 0 Å². The number of nitrogens with zero attached hydrogens (tertiary/aromatic N) is 3. The fourth-order valence-corrected chi connectivity index (χ4v) is 3.20. The van der Waals surface area contributed by atoms with Crippen LogP contribution in [0.2, 0.25) is 0 Å². The highest BCUT2D eigenvalue weighted by molar-refractivity contribution is 4.86. The molecule has 1 unspecified atom stereocenters. The maximum Gasteiger partial charge on any atom is 0.0146 e. The minimum atomic E-state index is 0.844. The molecule has 0 bridgehead atoms. The minimum Gasteiger partial charge on any atom is -0.304 e. The van der Waals surface area contributed by atoms with Gasteiger partial charge in [0.15, 0.2) is 0 Å². The van der Waals surface area contributed by atoms with Crippen molar-refractivity contribution in [2.75, 3.05) is 52.9 Å². The molecular formula is C13H27N3. The van der Waals surface area contributed by atoms with Crippen LogP contribution in [0.25, 0.3) is 0 Å². The van der Waals surface area contributed by atoms with E-state index in [1.54, 1.807) is 0 Å². The highest BCUT2D eigenvalue weighted by Crippen LogP contribution is 2.22. The van der Waals surface area contributed by atoms with Crippen LogP contribution in [0.4, 0.5) is 0 Å². The number of piperidine rings is 1. The minimum absolute atomic E-state index is 0.844. The van der Waals surface area contributed by atoms with Gasteiger partial charge in [-0.15, -0.1) is 0 Å². The first-order chi connectivity index (χ1) is 7.70. The highest BCUT2D eigenvalue weighted by atomic mass is 15.3. The summed E-state index contributed by atoms with van der Waals surface area (Å²) >= 11 is 0. The molecular weight excluding hydrogens is 198 g/mol. The van der Waals surface area contributed by atoms with Gasteiger partial charge in [0.1, 0.15) is 0 Å². The van der Waals surface area contributed by atoms with Crippen LogP contribution in [0, 0.1) is 5.92 Å². The van der Waals surface area contributed by atoms with Crippen LogP contribution in [-0.2, 0) is 0 Å². The molecule has 2 aliphatic rings. The Morgan fingerprint density at radius 1 is 1.06 bits per heavy atom. The van der Waals surface area contributed by atoms with Crippen LogP contribution in [-0.4, -0.2) is 73.6 Å². The van der Waals surface area contributed by atoms with Gasteiger partial charge >= 0.3 is 0 Å². The molecule has 2 atom stereocenters. The third-order valence-corrected chi connectivity index (χ3v) is 4.40. The van der Waals surface area contributed by atoms with Crippen LogP contribution in [0.5, 0.6) is 0 Å². The molecule has 0 radical (unpaired) electrons. The zero-order chi connectivity index (χ0) is 11.5. The normalized spacial score (nSPS) is 35.4. The largest absolute Gasteiger partial charge is 0.304 e. The second-order valence-corrected chi connectivity index (χ2v) is 5.57. The Hall–Kier alpha value is -0.120. The van der Waals surface area contributed by atoms with Gasteiger partial charge in [0.05, 0.1) is 0 Å². The quantitative estimate of drug-likeness (QED) is 0.693. The highest BCUT2D eigenvalue weighted by Gasteiger charge is 2.31. The maximum atomic E-state index is 2.73. The molecule has 0 aromatic carbocycles. The number of hydrogen-bond donors (Lipinski definition) is 0. The summed E-state index contributed by atoms with van der Waals surface area (Å²) in [6, 6.07) is 0.844. The van der Waals surface area contributed by atoms with Crippen LogP contribution >= 0.6 is 0 Å². The summed E-state index contributed by atoms with van der Waals surface area (Å²) in [5.74, 6) is 0.845. The van der Waals surface area contributed by atoms with Crippen molar-refractivity contribution in [2.45, 2.75) is 26.3 Å². The Labute approximate surface area is 100 Å². The summed E-state index contributed by atoms with van der Waals surface area (Å²) in [6.07, 6.45) is 1.37. The second kappa shape index (κ2) is 5.48. The summed E-state index contributed by atoms with van der Waals surface area (Å²) < 4.78 is 0. The lowest BCUT2D eigenvalue weighted by atomic mass is 9.92. The van der Waals surface area contributed by atoms with Crippen LogP contribution in [0.15, 0.2) is 0 Å². The number of likely N-dealkylation sites (tertiary alicyclic amines) is 1. The molecule has 0 saturated carbocycles. The van der Waals surface area contributed by atoms with E-state index in [-0.39, 0.29) is 0 Å². The second-order valence-electron chi connectivity index (χ2n) is 5.57. The predicted molar refractivity (Wildman–Crippen MR) is 68.8 cm³/mol. The molecule has 0 aliphatic carbocycles. The summed E-state index contributed by atoms with van der Waals surface area (Å²) in [5.41, 5.74) is 0. The third-order valence-electron chi connectivity index (χ3n) is 4.40. The van der Waals surface area contributed by atoms with E-state index >= 15 is 0 Å². The Kier molecular flexibility index (Phi) is 4.22. The number of piperazine rings is 1. The standard InChI is InChI=1S/C13H27N3/c1-4-15-6-5-13(12(2)11-15)16-9-7-14(3)8-10-16/h12-13H,4-11H2,1-3H3/t12-,13?/m0/s1. The first kappa shape index (κ1) is 12.3. The molecule has 3 nitrogen and oxygen atoms in total. The van der Waals surface area contributed by atoms with E-state index in [4.69, 9.17) is 0 Å². The predicted octanol–water partition coefficient (Wildman–Crippen LogP) is 0.964. The molecule has 0 amide bonds. The molecule has 94 valence electrons. The Bertz CT molecular complexity index is 211. The molecule has 2 heterocycles. The lowest BCUT2D eigenvalue weighted by molar-refractivity contribution is 0.0364. The molecule has 0 spiro atoms. The van der Waals surface area contributed by atoms with Crippen molar-refractivity contribution in [3.05, 3.63) is 0 Å². The van der Waals surface area contributed by atoms with E-state index in [0.29, 0.717) is 0 Å². The molecule has 2 rings (SSSR count). The third kappa shape index (κ3) is 2.76. The van der Waals surface area contributed by atoms with Gasteiger partial charge in [-0.2, -0.15) is 0 Å². The van der Waals surface area contributed by atoms with Crippen molar-refractivity contribution in [3.63, 3.8) is 0 Å². The van der Waals surface area contributed by atoms with E-state index in [0.717, 1.165) is 12.0 Å². The van der Waals surface area contributed by atoms with Crippen molar-refractivity contribution in [2.24, 2.45) is 5.92 Å². The van der Waals surface area contributed by atoms with Gasteiger partial charge < -0.3 is 9.80 Å². The lowest BCUT2D eigenvalue weighted by Gasteiger charge is -2.45. The lowest BCUT2D eigenvalue weighted by Crippen LogP contribution is -2.55. The van der Waals surface area contributed by atoms with Crippen LogP contribution in [0.3, 0.4) is 0 Å². The number of likely N-dealkylation sites (N-methyl/N-ethyl adjacent to an activating group) is 1. The first-order valence-corrected chi connectivity index (χ1v) is 6.85. The van der Waals surface area contributed by atoms with E-state index < -0.39 is 0 Å². The van der Waals surface area contributed by atoms with Gasteiger partial charge in [0, 0.05) is 38.8 Å². The molecule has 0 aromatic heterocycles. The van der Waals surface area contributed by atoms with Gasteiger partial charge in [-0.05, 0) is 32.5 Å². The molecule has 3 heteroatoms. The van der Waals surface area contributed by atoms with E-state index in [2.05, 4.69) is 35.6 Å². The first-order valence-electron chi connectivity index (χ1n) is 6.85. The molecule has 2 aliphatic heterocycles. The van der Waals surface area contributed by atoms with Crippen molar-refractivity contribution in [1.82, 2.24) is 14.7 Å². The summed E-state index contributed by atoms with van der Waals surface area (Å²) in [4.78, 5) is 7.78. The van der Waals surface area contributed by atoms with Gasteiger partial charge in [-0.3, -0.25) is 4.90 Å². The molecule has 16 heavy (non-hydrogen) atoms. The van der Waals surface area contributed by atoms with Gasteiger partial charge in [0.2, 0.25) is 0 Å². The zero-order valence-corrected chi connectivity index (χ0v) is 11.2. The van der Waals surface area contributed by atoms with E-state index in [1.807, 2.05) is 0 Å².